The van der Waals surface area contributed by atoms with Crippen molar-refractivity contribution in [2.45, 2.75) is 31.6 Å². The van der Waals surface area contributed by atoms with E-state index in [1.807, 2.05) is 12.1 Å². The number of halogens is 2. The fraction of sp³-hybridized carbons (Fsp3) is 0.385. The highest BCUT2D eigenvalue weighted by atomic mass is 35.5. The van der Waals surface area contributed by atoms with Gasteiger partial charge < -0.3 is 0 Å². The van der Waals surface area contributed by atoms with Gasteiger partial charge in [0.05, 0.1) is 0 Å². The summed E-state index contributed by atoms with van der Waals surface area (Å²) >= 11 is 12.2. The zero-order valence-electron chi connectivity index (χ0n) is 10.8. The molecule has 0 bridgehead atoms. The number of hydrogen-bond acceptors (Lipinski definition) is 4. The smallest absolute Gasteiger partial charge is 0.247 e. The Morgan fingerprint density at radius 2 is 2.15 bits per heavy atom. The van der Waals surface area contributed by atoms with Crippen LogP contribution in [-0.2, 0) is 16.3 Å². The maximum atomic E-state index is 6.29. The molecule has 106 valence electrons. The van der Waals surface area contributed by atoms with Crippen molar-refractivity contribution in [2.24, 2.45) is 0 Å². The summed E-state index contributed by atoms with van der Waals surface area (Å²) < 4.78 is 1.68. The second-order valence-electron chi connectivity index (χ2n) is 4.70. The highest BCUT2D eigenvalue weighted by molar-refractivity contribution is 6.35. The Balaban J connectivity index is 1.89. The monoisotopic (exact) mass is 313 g/mol. The number of nitrogens with zero attached hydrogens (tertiary/aromatic N) is 3. The highest BCUT2D eigenvalue weighted by Gasteiger charge is 2.56. The Hall–Kier alpha value is -1.14. The predicted molar refractivity (Wildman–Crippen MR) is 74.4 cm³/mol. The van der Waals surface area contributed by atoms with Crippen molar-refractivity contribution in [2.75, 3.05) is 0 Å². The first kappa shape index (κ1) is 13.8. The lowest BCUT2D eigenvalue weighted by Crippen LogP contribution is -2.28. The summed E-state index contributed by atoms with van der Waals surface area (Å²) in [6.45, 7) is 2.52. The Labute approximate surface area is 126 Å². The van der Waals surface area contributed by atoms with Gasteiger partial charge in [-0.2, -0.15) is 14.9 Å². The minimum atomic E-state index is -0.736. The minimum Gasteiger partial charge on any atom is -0.247 e. The van der Waals surface area contributed by atoms with Crippen LogP contribution in [-0.4, -0.2) is 20.6 Å². The average Bonchev–Trinajstić information content (AvgIpc) is 2.98. The molecule has 1 atom stereocenters. The Morgan fingerprint density at radius 1 is 1.35 bits per heavy atom. The zero-order chi connectivity index (χ0) is 14.2. The largest absolute Gasteiger partial charge is 0.260 e. The average molecular weight is 314 g/mol. The van der Waals surface area contributed by atoms with Crippen LogP contribution in [0, 0.1) is 0 Å². The molecule has 0 amide bonds. The van der Waals surface area contributed by atoms with Gasteiger partial charge in [0.15, 0.2) is 0 Å². The Bertz CT molecular complexity index is 600. The van der Waals surface area contributed by atoms with Gasteiger partial charge in [-0.05, 0) is 24.1 Å². The summed E-state index contributed by atoms with van der Waals surface area (Å²) in [4.78, 5) is 14.5. The number of hydrogen-bond donors (Lipinski definition) is 0. The van der Waals surface area contributed by atoms with E-state index in [1.54, 1.807) is 17.1 Å². The van der Waals surface area contributed by atoms with Crippen LogP contribution in [0.2, 0.25) is 10.0 Å². The van der Waals surface area contributed by atoms with Gasteiger partial charge in [0.2, 0.25) is 0 Å². The van der Waals surface area contributed by atoms with E-state index in [1.165, 1.54) is 6.33 Å². The van der Waals surface area contributed by atoms with Gasteiger partial charge in [0, 0.05) is 16.0 Å². The molecule has 0 radical (unpaired) electrons. The first-order valence-corrected chi connectivity index (χ1v) is 7.04. The van der Waals surface area contributed by atoms with E-state index in [4.69, 9.17) is 33.0 Å². The molecule has 1 aliphatic rings. The first-order valence-electron chi connectivity index (χ1n) is 6.29. The molecule has 1 aromatic carbocycles. The highest BCUT2D eigenvalue weighted by Crippen LogP contribution is 2.48. The second-order valence-corrected chi connectivity index (χ2v) is 5.54. The van der Waals surface area contributed by atoms with Crippen LogP contribution in [0.5, 0.6) is 0 Å². The standard InChI is InChI=1S/C13H13Cl2N3O2/c1-2-11(10-4-3-9(14)5-12(10)15)13(19-20-13)6-18-8-16-7-17-18/h3-5,7-8,11H,2,6H2,1H3. The lowest BCUT2D eigenvalue weighted by molar-refractivity contribution is 0.0850. The molecule has 5 nitrogen and oxygen atoms in total. The molecule has 1 saturated heterocycles. The van der Waals surface area contributed by atoms with Crippen LogP contribution >= 0.6 is 23.2 Å². The van der Waals surface area contributed by atoms with Gasteiger partial charge in [0.25, 0.3) is 5.79 Å². The fourth-order valence-corrected chi connectivity index (χ4v) is 2.96. The third kappa shape index (κ3) is 2.54. The van der Waals surface area contributed by atoms with E-state index in [9.17, 15) is 0 Å². The summed E-state index contributed by atoms with van der Waals surface area (Å²) in [5.74, 6) is -0.739. The normalized spacial score (nSPS) is 17.9. The van der Waals surface area contributed by atoms with Gasteiger partial charge in [-0.1, -0.05) is 36.2 Å². The first-order chi connectivity index (χ1) is 9.64. The summed E-state index contributed by atoms with van der Waals surface area (Å²) in [5, 5.41) is 5.30. The van der Waals surface area contributed by atoms with E-state index >= 15 is 0 Å². The molecular weight excluding hydrogens is 301 g/mol. The van der Waals surface area contributed by atoms with Gasteiger partial charge in [0.1, 0.15) is 19.2 Å². The quantitative estimate of drug-likeness (QED) is 0.626. The van der Waals surface area contributed by atoms with Crippen LogP contribution < -0.4 is 0 Å². The molecular formula is C13H13Cl2N3O2. The molecule has 3 rings (SSSR count). The maximum Gasteiger partial charge on any atom is 0.260 e. The summed E-state index contributed by atoms with van der Waals surface area (Å²) in [7, 11) is 0. The van der Waals surface area contributed by atoms with Crippen LogP contribution in [0.25, 0.3) is 0 Å². The van der Waals surface area contributed by atoms with Gasteiger partial charge >= 0.3 is 0 Å². The molecule has 1 aliphatic heterocycles. The lowest BCUT2D eigenvalue weighted by atomic mass is 9.89. The van der Waals surface area contributed by atoms with E-state index in [0.717, 1.165) is 12.0 Å². The molecule has 0 spiro atoms. The van der Waals surface area contributed by atoms with Gasteiger partial charge in [-0.15, -0.1) is 0 Å². The van der Waals surface area contributed by atoms with Crippen molar-refractivity contribution in [3.63, 3.8) is 0 Å². The summed E-state index contributed by atoms with van der Waals surface area (Å²) in [6, 6.07) is 5.45. The molecule has 0 aliphatic carbocycles. The van der Waals surface area contributed by atoms with Gasteiger partial charge in [-0.25, -0.2) is 9.67 Å². The number of aromatic nitrogens is 3. The van der Waals surface area contributed by atoms with Crippen molar-refractivity contribution in [3.05, 3.63) is 46.5 Å². The molecule has 1 fully saturated rings. The maximum absolute atomic E-state index is 6.29. The summed E-state index contributed by atoms with van der Waals surface area (Å²) in [5.41, 5.74) is 0.955. The molecule has 1 unspecified atom stereocenters. The third-order valence-corrected chi connectivity index (χ3v) is 3.99. The molecule has 20 heavy (non-hydrogen) atoms. The lowest BCUT2D eigenvalue weighted by Gasteiger charge is -2.20. The molecule has 0 saturated carbocycles. The SMILES string of the molecule is CCC(c1ccc(Cl)cc1Cl)C1(Cn2cncn2)OO1. The zero-order valence-corrected chi connectivity index (χ0v) is 12.3. The van der Waals surface area contributed by atoms with E-state index in [2.05, 4.69) is 17.0 Å². The predicted octanol–water partition coefficient (Wildman–Crippen LogP) is 3.44. The second kappa shape index (κ2) is 5.33. The van der Waals surface area contributed by atoms with Crippen LogP contribution in [0.15, 0.2) is 30.9 Å². The molecule has 7 heteroatoms. The van der Waals surface area contributed by atoms with E-state index in [-0.39, 0.29) is 5.92 Å². The summed E-state index contributed by atoms with van der Waals surface area (Å²) in [6.07, 6.45) is 3.92. The van der Waals surface area contributed by atoms with Crippen LogP contribution in [0.4, 0.5) is 0 Å². The van der Waals surface area contributed by atoms with Crippen molar-refractivity contribution in [1.82, 2.24) is 14.8 Å². The number of benzene rings is 1. The van der Waals surface area contributed by atoms with Crippen molar-refractivity contribution in [3.8, 4) is 0 Å². The molecule has 1 aromatic heterocycles. The Morgan fingerprint density at radius 3 is 2.70 bits per heavy atom. The van der Waals surface area contributed by atoms with Crippen LogP contribution in [0.1, 0.15) is 24.8 Å². The van der Waals surface area contributed by atoms with Gasteiger partial charge in [-0.3, -0.25) is 0 Å². The third-order valence-electron chi connectivity index (χ3n) is 3.42. The fourth-order valence-electron chi connectivity index (χ4n) is 2.42. The van der Waals surface area contributed by atoms with E-state index in [0.29, 0.717) is 16.6 Å². The number of rotatable bonds is 5. The molecule has 0 N–H and O–H groups in total. The Kier molecular flexibility index (Phi) is 3.69. The van der Waals surface area contributed by atoms with Crippen molar-refractivity contribution >= 4 is 23.2 Å². The topological polar surface area (TPSA) is 55.8 Å². The van der Waals surface area contributed by atoms with Crippen molar-refractivity contribution < 1.29 is 9.78 Å². The van der Waals surface area contributed by atoms with Crippen molar-refractivity contribution in [1.29, 1.82) is 0 Å². The molecule has 2 aromatic rings. The molecule has 2 heterocycles. The minimum absolute atomic E-state index is 0.00327. The van der Waals surface area contributed by atoms with E-state index < -0.39 is 5.79 Å². The van der Waals surface area contributed by atoms with Crippen LogP contribution in [0.3, 0.4) is 0 Å².